The standard InChI is InChI=1S/C21H28N2O4S/c1-14(2)27-20-9-7-18(8-10-20)22-21(24)17(5)23(28(6,25)26)19-12-15(3)11-16(4)13-19/h7-14,17H,1-6H3,(H,22,24)/t17-/m0/s1. The number of carbonyl (C=O) groups is 1. The zero-order valence-corrected chi connectivity index (χ0v) is 18.0. The fourth-order valence-electron chi connectivity index (χ4n) is 3.02. The van der Waals surface area contributed by atoms with Crippen molar-refractivity contribution in [2.24, 2.45) is 0 Å². The molecular formula is C21H28N2O4S. The van der Waals surface area contributed by atoms with Crippen molar-refractivity contribution in [1.29, 1.82) is 0 Å². The topological polar surface area (TPSA) is 75.7 Å². The first-order valence-electron chi connectivity index (χ1n) is 9.12. The quantitative estimate of drug-likeness (QED) is 0.760. The molecule has 2 aromatic carbocycles. The monoisotopic (exact) mass is 404 g/mol. The molecule has 0 saturated carbocycles. The van der Waals surface area contributed by atoms with Crippen LogP contribution in [0.5, 0.6) is 5.75 Å². The van der Waals surface area contributed by atoms with E-state index >= 15 is 0 Å². The van der Waals surface area contributed by atoms with Crippen LogP contribution < -0.4 is 14.4 Å². The molecule has 0 saturated heterocycles. The molecule has 1 atom stereocenters. The van der Waals surface area contributed by atoms with Gasteiger partial charge in [-0.3, -0.25) is 9.10 Å². The Balaban J connectivity index is 2.24. The highest BCUT2D eigenvalue weighted by atomic mass is 32.2. The highest BCUT2D eigenvalue weighted by molar-refractivity contribution is 7.92. The zero-order valence-electron chi connectivity index (χ0n) is 17.2. The van der Waals surface area contributed by atoms with Crippen LogP contribution in [-0.4, -0.2) is 32.7 Å². The Labute approximate surface area is 167 Å². The van der Waals surface area contributed by atoms with Crippen molar-refractivity contribution in [2.45, 2.75) is 46.8 Å². The Morgan fingerprint density at radius 2 is 1.54 bits per heavy atom. The average molecular weight is 405 g/mol. The Bertz CT molecular complexity index is 917. The average Bonchev–Trinajstić information content (AvgIpc) is 2.54. The van der Waals surface area contributed by atoms with Crippen LogP contribution in [0.2, 0.25) is 0 Å². The highest BCUT2D eigenvalue weighted by Crippen LogP contribution is 2.25. The number of nitrogens with zero attached hydrogens (tertiary/aromatic N) is 1. The van der Waals surface area contributed by atoms with Gasteiger partial charge in [-0.25, -0.2) is 8.42 Å². The summed E-state index contributed by atoms with van der Waals surface area (Å²) < 4.78 is 31.6. The molecule has 0 aliphatic heterocycles. The molecule has 2 rings (SSSR count). The molecule has 7 heteroatoms. The Morgan fingerprint density at radius 1 is 1.00 bits per heavy atom. The van der Waals surface area contributed by atoms with Gasteiger partial charge in [0.1, 0.15) is 11.8 Å². The lowest BCUT2D eigenvalue weighted by Gasteiger charge is -2.28. The van der Waals surface area contributed by atoms with Gasteiger partial charge >= 0.3 is 0 Å². The van der Waals surface area contributed by atoms with Crippen LogP contribution in [-0.2, 0) is 14.8 Å². The van der Waals surface area contributed by atoms with Gasteiger partial charge in [0.2, 0.25) is 15.9 Å². The maximum Gasteiger partial charge on any atom is 0.247 e. The van der Waals surface area contributed by atoms with E-state index in [1.807, 2.05) is 33.8 Å². The molecule has 0 unspecified atom stereocenters. The van der Waals surface area contributed by atoms with E-state index in [1.165, 1.54) is 0 Å². The van der Waals surface area contributed by atoms with E-state index < -0.39 is 22.0 Å². The van der Waals surface area contributed by atoms with Gasteiger partial charge < -0.3 is 10.1 Å². The van der Waals surface area contributed by atoms with Crippen molar-refractivity contribution in [2.75, 3.05) is 15.9 Å². The fourth-order valence-corrected chi connectivity index (χ4v) is 4.18. The number of hydrogen-bond donors (Lipinski definition) is 1. The predicted octanol–water partition coefficient (Wildman–Crippen LogP) is 3.88. The summed E-state index contributed by atoms with van der Waals surface area (Å²) in [7, 11) is -3.66. The summed E-state index contributed by atoms with van der Waals surface area (Å²) in [5, 5.41) is 2.77. The third kappa shape index (κ3) is 5.73. The lowest BCUT2D eigenvalue weighted by molar-refractivity contribution is -0.116. The van der Waals surface area contributed by atoms with Crippen LogP contribution in [0.15, 0.2) is 42.5 Å². The van der Waals surface area contributed by atoms with E-state index in [1.54, 1.807) is 43.3 Å². The minimum absolute atomic E-state index is 0.0570. The molecule has 28 heavy (non-hydrogen) atoms. The highest BCUT2D eigenvalue weighted by Gasteiger charge is 2.29. The van der Waals surface area contributed by atoms with Gasteiger partial charge in [-0.2, -0.15) is 0 Å². The number of anilines is 2. The molecule has 0 fully saturated rings. The molecule has 1 amide bonds. The number of rotatable bonds is 7. The van der Waals surface area contributed by atoms with Gasteiger partial charge in [-0.05, 0) is 82.1 Å². The first-order chi connectivity index (χ1) is 13.0. The van der Waals surface area contributed by atoms with E-state index in [0.29, 0.717) is 17.1 Å². The lowest BCUT2D eigenvalue weighted by Crippen LogP contribution is -2.45. The van der Waals surface area contributed by atoms with Crippen molar-refractivity contribution >= 4 is 27.3 Å². The molecule has 0 aliphatic carbocycles. The van der Waals surface area contributed by atoms with E-state index in [-0.39, 0.29) is 6.10 Å². The van der Waals surface area contributed by atoms with Crippen molar-refractivity contribution < 1.29 is 17.9 Å². The van der Waals surface area contributed by atoms with Crippen LogP contribution in [0.25, 0.3) is 0 Å². The van der Waals surface area contributed by atoms with E-state index in [2.05, 4.69) is 5.32 Å². The Morgan fingerprint density at radius 3 is 2.00 bits per heavy atom. The molecular weight excluding hydrogens is 376 g/mol. The van der Waals surface area contributed by atoms with Crippen molar-refractivity contribution in [3.63, 3.8) is 0 Å². The van der Waals surface area contributed by atoms with Gasteiger partial charge in [-0.1, -0.05) is 6.07 Å². The van der Waals surface area contributed by atoms with Gasteiger partial charge in [0.25, 0.3) is 0 Å². The van der Waals surface area contributed by atoms with Gasteiger partial charge in [0, 0.05) is 5.69 Å². The summed E-state index contributed by atoms with van der Waals surface area (Å²) in [5.74, 6) is 0.288. The molecule has 0 spiro atoms. The van der Waals surface area contributed by atoms with Gasteiger partial charge in [-0.15, -0.1) is 0 Å². The summed E-state index contributed by atoms with van der Waals surface area (Å²) >= 11 is 0. The van der Waals surface area contributed by atoms with Crippen LogP contribution in [0.3, 0.4) is 0 Å². The summed E-state index contributed by atoms with van der Waals surface area (Å²) in [6, 6.07) is 11.5. The molecule has 0 aromatic heterocycles. The molecule has 6 nitrogen and oxygen atoms in total. The fraction of sp³-hybridized carbons (Fsp3) is 0.381. The number of amides is 1. The minimum Gasteiger partial charge on any atom is -0.491 e. The van der Waals surface area contributed by atoms with Crippen molar-refractivity contribution in [3.05, 3.63) is 53.6 Å². The molecule has 152 valence electrons. The lowest BCUT2D eigenvalue weighted by atomic mass is 10.1. The number of carbonyl (C=O) groups excluding carboxylic acids is 1. The van der Waals surface area contributed by atoms with E-state index in [0.717, 1.165) is 21.7 Å². The minimum atomic E-state index is -3.66. The summed E-state index contributed by atoms with van der Waals surface area (Å²) in [5.41, 5.74) is 2.90. The van der Waals surface area contributed by atoms with Crippen molar-refractivity contribution in [3.8, 4) is 5.75 Å². The number of nitrogens with one attached hydrogen (secondary N) is 1. The number of sulfonamides is 1. The second kappa shape index (κ2) is 8.65. The number of hydrogen-bond acceptors (Lipinski definition) is 4. The third-order valence-corrected chi connectivity index (χ3v) is 5.28. The molecule has 0 bridgehead atoms. The SMILES string of the molecule is Cc1cc(C)cc(N([C@@H](C)C(=O)Nc2ccc(OC(C)C)cc2)S(C)(=O)=O)c1. The normalized spacial score (nSPS) is 12.5. The van der Waals surface area contributed by atoms with E-state index in [9.17, 15) is 13.2 Å². The third-order valence-electron chi connectivity index (χ3n) is 4.04. The van der Waals surface area contributed by atoms with E-state index in [4.69, 9.17) is 4.74 Å². The first kappa shape index (κ1) is 21.8. The molecule has 0 radical (unpaired) electrons. The maximum atomic E-state index is 12.8. The van der Waals surface area contributed by atoms with Crippen LogP contribution >= 0.6 is 0 Å². The second-order valence-electron chi connectivity index (χ2n) is 7.26. The van der Waals surface area contributed by atoms with Crippen LogP contribution in [0.4, 0.5) is 11.4 Å². The largest absolute Gasteiger partial charge is 0.491 e. The first-order valence-corrected chi connectivity index (χ1v) is 11.0. The van der Waals surface area contributed by atoms with Crippen LogP contribution in [0, 0.1) is 13.8 Å². The number of ether oxygens (including phenoxy) is 1. The second-order valence-corrected chi connectivity index (χ2v) is 9.12. The molecule has 0 heterocycles. The Hall–Kier alpha value is -2.54. The predicted molar refractivity (Wildman–Crippen MR) is 114 cm³/mol. The number of benzene rings is 2. The summed E-state index contributed by atoms with van der Waals surface area (Å²) in [6.07, 6.45) is 1.16. The van der Waals surface area contributed by atoms with Crippen LogP contribution in [0.1, 0.15) is 31.9 Å². The smallest absolute Gasteiger partial charge is 0.247 e. The zero-order chi connectivity index (χ0) is 21.1. The van der Waals surface area contributed by atoms with Gasteiger partial charge in [0.05, 0.1) is 18.0 Å². The number of aryl methyl sites for hydroxylation is 2. The molecule has 0 aliphatic rings. The maximum absolute atomic E-state index is 12.8. The Kier molecular flexibility index (Phi) is 6.72. The molecule has 1 N–H and O–H groups in total. The summed E-state index contributed by atoms with van der Waals surface area (Å²) in [6.45, 7) is 9.23. The molecule has 2 aromatic rings. The van der Waals surface area contributed by atoms with Crippen molar-refractivity contribution in [1.82, 2.24) is 0 Å². The van der Waals surface area contributed by atoms with Gasteiger partial charge in [0.15, 0.2) is 0 Å². The summed E-state index contributed by atoms with van der Waals surface area (Å²) in [4.78, 5) is 12.8.